The molecule has 0 N–H and O–H groups in total. The van der Waals surface area contributed by atoms with Crippen molar-refractivity contribution in [2.45, 2.75) is 0 Å². The molecule has 0 saturated carbocycles. The van der Waals surface area contributed by atoms with E-state index in [1.54, 1.807) is 30.4 Å². The van der Waals surface area contributed by atoms with Gasteiger partial charge in [0.2, 0.25) is 0 Å². The number of amidine groups is 1. The molecule has 24 heavy (non-hydrogen) atoms. The van der Waals surface area contributed by atoms with Crippen molar-refractivity contribution < 1.29 is 9.72 Å². The summed E-state index contributed by atoms with van der Waals surface area (Å²) in [6, 6.07) is 7.77. The summed E-state index contributed by atoms with van der Waals surface area (Å²) < 4.78 is 0. The number of hydrogen-bond acceptors (Lipinski definition) is 5. The van der Waals surface area contributed by atoms with Crippen LogP contribution >= 0.6 is 0 Å². The predicted octanol–water partition coefficient (Wildman–Crippen LogP) is 2.62. The number of amides is 1. The molecule has 0 fully saturated rings. The second kappa shape index (κ2) is 6.22. The fraction of sp³-hybridized carbons (Fsp3) is 0.0588. The molecule has 3 rings (SSSR count). The number of nitrogens with zero attached hydrogens (tertiary/aromatic N) is 4. The van der Waals surface area contributed by atoms with Gasteiger partial charge in [-0.1, -0.05) is 30.4 Å². The largest absolute Gasteiger partial charge is 0.271 e. The van der Waals surface area contributed by atoms with Crippen molar-refractivity contribution in [3.05, 3.63) is 69.8 Å². The molecular weight excluding hydrogens is 308 g/mol. The molecule has 1 aliphatic carbocycles. The number of carbonyl (C=O) groups is 1. The normalized spacial score (nSPS) is 19.2. The Balaban J connectivity index is 1.99. The van der Waals surface area contributed by atoms with Crippen LogP contribution in [-0.4, -0.2) is 22.4 Å². The standard InChI is InChI=1S/C17H10N4O3/c18-10-12(8-11-4-3-5-13(9-11)21(23)24)16-19-15-7-2-1-6-14(15)17(22)20-16/h1-9,14H/b12-8+. The zero-order valence-electron chi connectivity index (χ0n) is 12.3. The lowest BCUT2D eigenvalue weighted by molar-refractivity contribution is -0.384. The maximum absolute atomic E-state index is 12.1. The van der Waals surface area contributed by atoms with Crippen LogP contribution in [-0.2, 0) is 4.79 Å². The molecule has 7 heteroatoms. The number of nitriles is 1. The molecular formula is C17H10N4O3. The van der Waals surface area contributed by atoms with Crippen LogP contribution < -0.4 is 0 Å². The number of rotatable bonds is 3. The number of hydrogen-bond donors (Lipinski definition) is 0. The minimum absolute atomic E-state index is 0.0141. The van der Waals surface area contributed by atoms with E-state index in [1.807, 2.05) is 6.07 Å². The summed E-state index contributed by atoms with van der Waals surface area (Å²) in [5.41, 5.74) is 0.956. The number of benzene rings is 1. The van der Waals surface area contributed by atoms with Gasteiger partial charge in [-0.3, -0.25) is 14.9 Å². The number of nitro groups is 1. The van der Waals surface area contributed by atoms with Crippen molar-refractivity contribution in [3.63, 3.8) is 0 Å². The maximum Gasteiger partial charge on any atom is 0.270 e. The number of aliphatic imine (C=N–C) groups is 2. The Bertz CT molecular complexity index is 929. The summed E-state index contributed by atoms with van der Waals surface area (Å²) in [4.78, 5) is 30.5. The number of carbonyl (C=O) groups excluding carboxylic acids is 1. The Hall–Kier alpha value is -3.66. The number of non-ortho nitro benzene ring substituents is 1. The first kappa shape index (κ1) is 15.2. The van der Waals surface area contributed by atoms with Gasteiger partial charge < -0.3 is 0 Å². The second-order valence-corrected chi connectivity index (χ2v) is 5.05. The summed E-state index contributed by atoms with van der Waals surface area (Å²) in [5, 5.41) is 20.2. The lowest BCUT2D eigenvalue weighted by Crippen LogP contribution is -2.27. The fourth-order valence-corrected chi connectivity index (χ4v) is 2.33. The van der Waals surface area contributed by atoms with Gasteiger partial charge in [-0.2, -0.15) is 10.3 Å². The molecule has 1 unspecified atom stereocenters. The van der Waals surface area contributed by atoms with Gasteiger partial charge in [-0.15, -0.1) is 0 Å². The van der Waals surface area contributed by atoms with E-state index < -0.39 is 16.7 Å². The highest BCUT2D eigenvalue weighted by Gasteiger charge is 2.27. The average Bonchev–Trinajstić information content (AvgIpc) is 2.60. The van der Waals surface area contributed by atoms with Gasteiger partial charge in [-0.25, -0.2) is 4.99 Å². The Kier molecular flexibility index (Phi) is 3.95. The van der Waals surface area contributed by atoms with Gasteiger partial charge in [0.15, 0.2) is 5.84 Å². The molecule has 116 valence electrons. The summed E-state index contributed by atoms with van der Waals surface area (Å²) in [6.45, 7) is 0. The van der Waals surface area contributed by atoms with Gasteiger partial charge in [0, 0.05) is 12.1 Å². The summed E-state index contributed by atoms with van der Waals surface area (Å²) in [7, 11) is 0. The number of fused-ring (bicyclic) bond motifs is 1. The topological polar surface area (TPSA) is 109 Å². The van der Waals surface area contributed by atoms with E-state index in [-0.39, 0.29) is 17.1 Å². The van der Waals surface area contributed by atoms with Crippen LogP contribution in [0.1, 0.15) is 5.56 Å². The summed E-state index contributed by atoms with van der Waals surface area (Å²) in [6.07, 6.45) is 8.30. The molecule has 0 bridgehead atoms. The first-order valence-electron chi connectivity index (χ1n) is 7.01. The highest BCUT2D eigenvalue weighted by molar-refractivity contribution is 6.26. The highest BCUT2D eigenvalue weighted by atomic mass is 16.6. The quantitative estimate of drug-likeness (QED) is 0.484. The van der Waals surface area contributed by atoms with Gasteiger partial charge in [0.05, 0.1) is 16.2 Å². The third-order valence-electron chi connectivity index (χ3n) is 3.47. The van der Waals surface area contributed by atoms with E-state index in [0.717, 1.165) is 0 Å². The lowest BCUT2D eigenvalue weighted by Gasteiger charge is -2.17. The van der Waals surface area contributed by atoms with E-state index in [9.17, 15) is 20.2 Å². The maximum atomic E-state index is 12.1. The van der Waals surface area contributed by atoms with Crippen LogP contribution in [0.2, 0.25) is 0 Å². The molecule has 1 aliphatic heterocycles. The van der Waals surface area contributed by atoms with Crippen LogP contribution in [0.4, 0.5) is 5.69 Å². The SMILES string of the molecule is N#C/C(=C\c1cccc([N+](=O)[O-])c1)C1=NC(=O)C2C=CC=CC2=N1. The molecule has 1 aromatic rings. The molecule has 0 spiro atoms. The monoisotopic (exact) mass is 318 g/mol. The zero-order chi connectivity index (χ0) is 17.1. The second-order valence-electron chi connectivity index (χ2n) is 5.05. The first-order valence-corrected chi connectivity index (χ1v) is 7.01. The third-order valence-corrected chi connectivity index (χ3v) is 3.47. The zero-order valence-corrected chi connectivity index (χ0v) is 12.3. The molecule has 0 saturated heterocycles. The summed E-state index contributed by atoms with van der Waals surface area (Å²) >= 11 is 0. The van der Waals surface area contributed by atoms with E-state index in [4.69, 9.17) is 0 Å². The number of allylic oxidation sites excluding steroid dienone is 3. The molecule has 1 aromatic carbocycles. The van der Waals surface area contributed by atoms with Crippen molar-refractivity contribution in [2.24, 2.45) is 15.9 Å². The Morgan fingerprint density at radius 3 is 2.92 bits per heavy atom. The summed E-state index contributed by atoms with van der Waals surface area (Å²) in [5.74, 6) is -0.896. The third kappa shape index (κ3) is 2.94. The van der Waals surface area contributed by atoms with Crippen LogP contribution in [0.15, 0.2) is 64.1 Å². The molecule has 2 aliphatic rings. The van der Waals surface area contributed by atoms with Crippen LogP contribution in [0.5, 0.6) is 0 Å². The van der Waals surface area contributed by atoms with Gasteiger partial charge >= 0.3 is 0 Å². The molecule has 1 atom stereocenters. The van der Waals surface area contributed by atoms with E-state index in [2.05, 4.69) is 9.98 Å². The van der Waals surface area contributed by atoms with Crippen molar-refractivity contribution >= 4 is 29.2 Å². The molecule has 0 radical (unpaired) electrons. The van der Waals surface area contributed by atoms with Crippen LogP contribution in [0.25, 0.3) is 6.08 Å². The van der Waals surface area contributed by atoms with Crippen molar-refractivity contribution in [1.29, 1.82) is 5.26 Å². The van der Waals surface area contributed by atoms with Crippen molar-refractivity contribution in [1.82, 2.24) is 0 Å². The Morgan fingerprint density at radius 1 is 1.33 bits per heavy atom. The smallest absolute Gasteiger partial charge is 0.270 e. The Morgan fingerprint density at radius 2 is 2.17 bits per heavy atom. The number of nitro benzene ring substituents is 1. The average molecular weight is 318 g/mol. The van der Waals surface area contributed by atoms with Gasteiger partial charge in [0.25, 0.3) is 11.6 Å². The van der Waals surface area contributed by atoms with E-state index >= 15 is 0 Å². The minimum Gasteiger partial charge on any atom is -0.271 e. The molecule has 0 aromatic heterocycles. The van der Waals surface area contributed by atoms with E-state index in [1.165, 1.54) is 24.3 Å². The van der Waals surface area contributed by atoms with Crippen molar-refractivity contribution in [3.8, 4) is 6.07 Å². The molecule has 1 heterocycles. The fourth-order valence-electron chi connectivity index (χ4n) is 2.33. The first-order chi connectivity index (χ1) is 11.6. The van der Waals surface area contributed by atoms with Crippen molar-refractivity contribution in [2.75, 3.05) is 0 Å². The lowest BCUT2D eigenvalue weighted by atomic mass is 9.96. The van der Waals surface area contributed by atoms with E-state index in [0.29, 0.717) is 11.3 Å². The minimum atomic E-state index is -0.519. The van der Waals surface area contributed by atoms with Gasteiger partial charge in [-0.05, 0) is 17.7 Å². The Labute approximate surface area is 136 Å². The highest BCUT2D eigenvalue weighted by Crippen LogP contribution is 2.21. The van der Waals surface area contributed by atoms with Crippen LogP contribution in [0.3, 0.4) is 0 Å². The van der Waals surface area contributed by atoms with Crippen LogP contribution in [0, 0.1) is 27.4 Å². The molecule has 7 nitrogen and oxygen atoms in total. The molecule has 1 amide bonds. The predicted molar refractivity (Wildman–Crippen MR) is 88.3 cm³/mol. The van der Waals surface area contributed by atoms with Gasteiger partial charge in [0.1, 0.15) is 12.0 Å².